The molecule has 0 aliphatic heterocycles. The molecule has 0 saturated heterocycles. The van der Waals surface area contributed by atoms with Gasteiger partial charge in [-0.15, -0.1) is 0 Å². The summed E-state index contributed by atoms with van der Waals surface area (Å²) < 4.78 is 43.2. The number of aryl methyl sites for hydroxylation is 1. The monoisotopic (exact) mass is 352 g/mol. The molecule has 2 rings (SSSR count). The Bertz CT molecular complexity index is 743. The summed E-state index contributed by atoms with van der Waals surface area (Å²) in [5, 5.41) is 0. The summed E-state index contributed by atoms with van der Waals surface area (Å²) in [5.41, 5.74) is 0.129. The lowest BCUT2D eigenvalue weighted by Crippen LogP contribution is -2.31. The highest BCUT2D eigenvalue weighted by atomic mass is 19.4. The molecule has 25 heavy (non-hydrogen) atoms. The topological polar surface area (TPSA) is 42.4 Å². The number of pyridine rings is 1. The number of hydrogen-bond acceptors (Lipinski definition) is 3. The largest absolute Gasteiger partial charge is 0.497 e. The summed E-state index contributed by atoms with van der Waals surface area (Å²) in [6, 6.07) is 9.28. The third-order valence-corrected chi connectivity index (χ3v) is 3.81. The molecule has 0 bridgehead atoms. The van der Waals surface area contributed by atoms with Crippen molar-refractivity contribution in [3.05, 3.63) is 58.9 Å². The fourth-order valence-electron chi connectivity index (χ4n) is 2.39. The van der Waals surface area contributed by atoms with E-state index < -0.39 is 11.9 Å². The van der Waals surface area contributed by atoms with Crippen molar-refractivity contribution >= 4 is 5.91 Å². The number of carbonyl (C=O) groups excluding carboxylic acids is 1. The molecule has 1 aromatic heterocycles. The van der Waals surface area contributed by atoms with Crippen LogP contribution in [0.1, 0.15) is 34.2 Å². The quantitative estimate of drug-likeness (QED) is 0.814. The molecule has 0 N–H and O–H groups in total. The number of ether oxygens (including phenoxy) is 1. The number of halogens is 3. The number of alkyl halides is 3. The van der Waals surface area contributed by atoms with Crippen LogP contribution in [0.15, 0.2) is 36.4 Å². The molecule has 0 aliphatic carbocycles. The maximum atomic E-state index is 12.7. The van der Waals surface area contributed by atoms with Crippen LogP contribution in [0.4, 0.5) is 13.2 Å². The highest BCUT2D eigenvalue weighted by Gasteiger charge is 2.33. The van der Waals surface area contributed by atoms with Gasteiger partial charge in [0.2, 0.25) is 0 Å². The van der Waals surface area contributed by atoms with E-state index >= 15 is 0 Å². The minimum Gasteiger partial charge on any atom is -0.497 e. The van der Waals surface area contributed by atoms with Gasteiger partial charge in [0.15, 0.2) is 0 Å². The highest BCUT2D eigenvalue weighted by Crippen LogP contribution is 2.28. The van der Waals surface area contributed by atoms with Crippen LogP contribution in [0.25, 0.3) is 0 Å². The van der Waals surface area contributed by atoms with Crippen LogP contribution in [0, 0.1) is 6.92 Å². The molecule has 0 atom stereocenters. The molecule has 134 valence electrons. The van der Waals surface area contributed by atoms with Crippen molar-refractivity contribution in [2.75, 3.05) is 13.7 Å². The molecular formula is C18H19F3N2O2. The molecule has 0 spiro atoms. The van der Waals surface area contributed by atoms with E-state index in [9.17, 15) is 18.0 Å². The number of amides is 1. The zero-order chi connectivity index (χ0) is 18.6. The van der Waals surface area contributed by atoms with Gasteiger partial charge in [0.05, 0.1) is 18.4 Å². The number of methoxy groups -OCH3 is 1. The Morgan fingerprint density at radius 2 is 1.80 bits per heavy atom. The second-order valence-electron chi connectivity index (χ2n) is 5.49. The molecule has 1 amide bonds. The number of hydrogen-bond donors (Lipinski definition) is 0. The molecular weight excluding hydrogens is 333 g/mol. The predicted molar refractivity (Wildman–Crippen MR) is 87.4 cm³/mol. The lowest BCUT2D eigenvalue weighted by atomic mass is 10.1. The van der Waals surface area contributed by atoms with Crippen molar-refractivity contribution in [2.45, 2.75) is 26.6 Å². The number of nitrogens with zero attached hydrogens (tertiary/aromatic N) is 2. The summed E-state index contributed by atoms with van der Waals surface area (Å²) in [6.45, 7) is 3.99. The van der Waals surface area contributed by atoms with E-state index in [-0.39, 0.29) is 17.2 Å². The van der Waals surface area contributed by atoms with Crippen LogP contribution < -0.4 is 4.74 Å². The molecule has 0 fully saturated rings. The van der Waals surface area contributed by atoms with Gasteiger partial charge in [-0.1, -0.05) is 12.1 Å². The second-order valence-corrected chi connectivity index (χ2v) is 5.49. The maximum Gasteiger partial charge on any atom is 0.433 e. The smallest absolute Gasteiger partial charge is 0.433 e. The SMILES string of the molecule is CCN(Cc1ccc(OC)cc1)C(=O)c1ccc(C(F)(F)F)nc1C. The first-order valence-electron chi connectivity index (χ1n) is 7.73. The summed E-state index contributed by atoms with van der Waals surface area (Å²) in [6.07, 6.45) is -4.53. The Kier molecular flexibility index (Phi) is 5.66. The molecule has 2 aromatic rings. The summed E-state index contributed by atoms with van der Waals surface area (Å²) in [4.78, 5) is 17.7. The van der Waals surface area contributed by atoms with E-state index in [0.717, 1.165) is 11.6 Å². The highest BCUT2D eigenvalue weighted by molar-refractivity contribution is 5.95. The van der Waals surface area contributed by atoms with Crippen LogP contribution in [0.5, 0.6) is 5.75 Å². The van der Waals surface area contributed by atoms with Gasteiger partial charge in [-0.05, 0) is 43.7 Å². The van der Waals surface area contributed by atoms with E-state index in [1.54, 1.807) is 24.1 Å². The molecule has 0 aliphatic rings. The van der Waals surface area contributed by atoms with Crippen LogP contribution in [-0.2, 0) is 12.7 Å². The Balaban J connectivity index is 2.21. The van der Waals surface area contributed by atoms with Crippen molar-refractivity contribution in [1.82, 2.24) is 9.88 Å². The first-order chi connectivity index (χ1) is 11.8. The van der Waals surface area contributed by atoms with Gasteiger partial charge in [0.1, 0.15) is 11.4 Å². The summed E-state index contributed by atoms with van der Waals surface area (Å²) in [5.74, 6) is 0.359. The number of benzene rings is 1. The third-order valence-electron chi connectivity index (χ3n) is 3.81. The molecule has 0 radical (unpaired) electrons. The average molecular weight is 352 g/mol. The van der Waals surface area contributed by atoms with Crippen molar-refractivity contribution in [3.8, 4) is 5.75 Å². The van der Waals surface area contributed by atoms with Gasteiger partial charge in [0, 0.05) is 13.1 Å². The van der Waals surface area contributed by atoms with Gasteiger partial charge < -0.3 is 9.64 Å². The van der Waals surface area contributed by atoms with E-state index in [4.69, 9.17) is 4.74 Å². The lowest BCUT2D eigenvalue weighted by Gasteiger charge is -2.22. The van der Waals surface area contributed by atoms with E-state index in [1.165, 1.54) is 13.0 Å². The van der Waals surface area contributed by atoms with Crippen molar-refractivity contribution in [1.29, 1.82) is 0 Å². The van der Waals surface area contributed by atoms with Gasteiger partial charge in [-0.3, -0.25) is 4.79 Å². The van der Waals surface area contributed by atoms with Gasteiger partial charge in [-0.25, -0.2) is 4.98 Å². The van der Waals surface area contributed by atoms with E-state index in [2.05, 4.69) is 4.98 Å². The van der Waals surface area contributed by atoms with E-state index in [1.807, 2.05) is 19.1 Å². The number of rotatable bonds is 5. The zero-order valence-corrected chi connectivity index (χ0v) is 14.2. The summed E-state index contributed by atoms with van der Waals surface area (Å²) in [7, 11) is 1.57. The first-order valence-corrected chi connectivity index (χ1v) is 7.73. The Hall–Kier alpha value is -2.57. The molecule has 4 nitrogen and oxygen atoms in total. The Labute approximate surface area is 144 Å². The third kappa shape index (κ3) is 4.49. The van der Waals surface area contributed by atoms with Crippen LogP contribution in [0.2, 0.25) is 0 Å². The first kappa shape index (κ1) is 18.8. The zero-order valence-electron chi connectivity index (χ0n) is 14.2. The lowest BCUT2D eigenvalue weighted by molar-refractivity contribution is -0.141. The predicted octanol–water partition coefficient (Wildman–Crippen LogP) is 4.08. The molecule has 1 heterocycles. The van der Waals surface area contributed by atoms with Crippen molar-refractivity contribution in [3.63, 3.8) is 0 Å². The normalized spacial score (nSPS) is 11.3. The summed E-state index contributed by atoms with van der Waals surface area (Å²) >= 11 is 0. The second kappa shape index (κ2) is 7.55. The van der Waals surface area contributed by atoms with E-state index in [0.29, 0.717) is 18.8 Å². The average Bonchev–Trinajstić information content (AvgIpc) is 2.58. The minimum atomic E-state index is -4.53. The molecule has 0 unspecified atom stereocenters. The van der Waals surface area contributed by atoms with Crippen LogP contribution in [-0.4, -0.2) is 29.4 Å². The fourth-order valence-corrected chi connectivity index (χ4v) is 2.39. The Morgan fingerprint density at radius 3 is 2.28 bits per heavy atom. The minimum absolute atomic E-state index is 0.0630. The number of carbonyl (C=O) groups is 1. The van der Waals surface area contributed by atoms with Gasteiger partial charge in [-0.2, -0.15) is 13.2 Å². The van der Waals surface area contributed by atoms with Gasteiger partial charge >= 0.3 is 6.18 Å². The molecule has 7 heteroatoms. The van der Waals surface area contributed by atoms with Crippen molar-refractivity contribution in [2.24, 2.45) is 0 Å². The standard InChI is InChI=1S/C18H19F3N2O2/c1-4-23(11-13-5-7-14(25-3)8-6-13)17(24)15-9-10-16(18(19,20)21)22-12(15)2/h5-10H,4,11H2,1-3H3. The Morgan fingerprint density at radius 1 is 1.16 bits per heavy atom. The molecule has 0 saturated carbocycles. The maximum absolute atomic E-state index is 12.7. The number of aromatic nitrogens is 1. The molecule has 1 aromatic carbocycles. The van der Waals surface area contributed by atoms with Gasteiger partial charge in [0.25, 0.3) is 5.91 Å². The van der Waals surface area contributed by atoms with Crippen LogP contribution in [0.3, 0.4) is 0 Å². The van der Waals surface area contributed by atoms with Crippen LogP contribution >= 0.6 is 0 Å². The van der Waals surface area contributed by atoms with Crippen molar-refractivity contribution < 1.29 is 22.7 Å². The fraction of sp³-hybridized carbons (Fsp3) is 0.333.